The number of Topliss-reactive ketones (excluding diaryl/α,β-unsaturated/α-hetero) is 1. The van der Waals surface area contributed by atoms with Gasteiger partial charge < -0.3 is 10.1 Å². The first-order chi connectivity index (χ1) is 11.9. The van der Waals surface area contributed by atoms with Gasteiger partial charge in [-0.05, 0) is 36.5 Å². The first-order valence-corrected chi connectivity index (χ1v) is 8.55. The zero-order valence-corrected chi connectivity index (χ0v) is 14.7. The third kappa shape index (κ3) is 3.11. The minimum atomic E-state index is -0.519. The smallest absolute Gasteiger partial charge is 0.336 e. The van der Waals surface area contributed by atoms with Crippen LogP contribution in [0.4, 0.5) is 4.39 Å². The maximum atomic E-state index is 13.4. The monoisotopic (exact) mass is 343 g/mol. The molecule has 0 fully saturated rings. The van der Waals surface area contributed by atoms with Crippen molar-refractivity contribution in [2.45, 2.75) is 39.0 Å². The molecule has 1 aliphatic carbocycles. The van der Waals surface area contributed by atoms with Gasteiger partial charge >= 0.3 is 5.97 Å². The zero-order valence-electron chi connectivity index (χ0n) is 14.7. The maximum Gasteiger partial charge on any atom is 0.336 e. The van der Waals surface area contributed by atoms with E-state index in [0.29, 0.717) is 17.6 Å². The van der Waals surface area contributed by atoms with E-state index in [-0.39, 0.29) is 17.5 Å². The van der Waals surface area contributed by atoms with Crippen LogP contribution in [0.5, 0.6) is 0 Å². The number of carbonyl (C=O) groups excluding carboxylic acids is 2. The van der Waals surface area contributed by atoms with Crippen LogP contribution in [0.25, 0.3) is 0 Å². The molecule has 1 aromatic rings. The van der Waals surface area contributed by atoms with Gasteiger partial charge in [0.2, 0.25) is 0 Å². The van der Waals surface area contributed by atoms with E-state index in [1.807, 2.05) is 13.8 Å². The topological polar surface area (TPSA) is 55.4 Å². The van der Waals surface area contributed by atoms with E-state index < -0.39 is 11.9 Å². The minimum absolute atomic E-state index is 0.0345. The van der Waals surface area contributed by atoms with E-state index in [1.165, 1.54) is 19.2 Å². The Kier molecular flexibility index (Phi) is 4.75. The Morgan fingerprint density at radius 1 is 1.24 bits per heavy atom. The van der Waals surface area contributed by atoms with Crippen LogP contribution >= 0.6 is 0 Å². The summed E-state index contributed by atoms with van der Waals surface area (Å²) in [6.07, 6.45) is 2.02. The van der Waals surface area contributed by atoms with Crippen molar-refractivity contribution < 1.29 is 18.7 Å². The van der Waals surface area contributed by atoms with Crippen LogP contribution in [0, 0.1) is 11.7 Å². The van der Waals surface area contributed by atoms with Crippen LogP contribution < -0.4 is 5.32 Å². The number of rotatable bonds is 3. The number of carbonyl (C=O) groups is 2. The predicted molar refractivity (Wildman–Crippen MR) is 92.0 cm³/mol. The molecule has 1 heterocycles. The predicted octanol–water partition coefficient (Wildman–Crippen LogP) is 3.60. The number of hydrogen-bond acceptors (Lipinski definition) is 4. The Hall–Kier alpha value is -2.43. The standard InChI is InChI=1S/C20H22FNO3/c1-11(2)19-18(20(24)25-3)16(12-7-9-13(21)10-8-12)17-14(22-19)5-4-6-15(17)23/h7-11,16,22H,4-6H2,1-3H3. The molecule has 1 unspecified atom stereocenters. The Morgan fingerprint density at radius 2 is 1.92 bits per heavy atom. The van der Waals surface area contributed by atoms with Crippen molar-refractivity contribution in [1.29, 1.82) is 0 Å². The van der Waals surface area contributed by atoms with Crippen molar-refractivity contribution in [1.82, 2.24) is 5.32 Å². The molecule has 1 aliphatic heterocycles. The molecule has 0 aromatic heterocycles. The number of methoxy groups -OCH3 is 1. The van der Waals surface area contributed by atoms with Gasteiger partial charge in [0.15, 0.2) is 5.78 Å². The number of benzene rings is 1. The molecule has 5 heteroatoms. The van der Waals surface area contributed by atoms with Crippen LogP contribution in [0.2, 0.25) is 0 Å². The molecule has 1 aromatic carbocycles. The zero-order chi connectivity index (χ0) is 18.1. The first-order valence-electron chi connectivity index (χ1n) is 8.55. The third-order valence-corrected chi connectivity index (χ3v) is 4.80. The first kappa shape index (κ1) is 17.4. The van der Waals surface area contributed by atoms with Crippen LogP contribution in [0.15, 0.2) is 46.8 Å². The van der Waals surface area contributed by atoms with E-state index >= 15 is 0 Å². The van der Waals surface area contributed by atoms with Crippen molar-refractivity contribution in [3.8, 4) is 0 Å². The van der Waals surface area contributed by atoms with E-state index in [0.717, 1.165) is 29.8 Å². The van der Waals surface area contributed by atoms with Crippen molar-refractivity contribution in [3.05, 3.63) is 58.2 Å². The maximum absolute atomic E-state index is 13.4. The second-order valence-corrected chi connectivity index (χ2v) is 6.75. The van der Waals surface area contributed by atoms with Crippen molar-refractivity contribution in [3.63, 3.8) is 0 Å². The molecule has 0 saturated heterocycles. The van der Waals surface area contributed by atoms with E-state index in [2.05, 4.69) is 5.32 Å². The summed E-state index contributed by atoms with van der Waals surface area (Å²) in [5, 5.41) is 3.33. The van der Waals surface area contributed by atoms with Gasteiger partial charge in [-0.3, -0.25) is 4.79 Å². The number of dihydropyridines is 1. The molecule has 3 rings (SSSR count). The molecule has 0 radical (unpaired) electrons. The van der Waals surface area contributed by atoms with Crippen molar-refractivity contribution >= 4 is 11.8 Å². The second-order valence-electron chi connectivity index (χ2n) is 6.75. The number of hydrogen-bond donors (Lipinski definition) is 1. The SMILES string of the molecule is COC(=O)C1=C(C(C)C)NC2=C(C(=O)CCC2)C1c1ccc(F)cc1. The molecular formula is C20H22FNO3. The highest BCUT2D eigenvalue weighted by Crippen LogP contribution is 2.43. The third-order valence-electron chi connectivity index (χ3n) is 4.80. The molecule has 132 valence electrons. The summed E-state index contributed by atoms with van der Waals surface area (Å²) in [5.74, 6) is -1.24. The summed E-state index contributed by atoms with van der Waals surface area (Å²) in [6.45, 7) is 3.98. The summed E-state index contributed by atoms with van der Waals surface area (Å²) >= 11 is 0. The largest absolute Gasteiger partial charge is 0.466 e. The van der Waals surface area contributed by atoms with Gasteiger partial charge in [-0.25, -0.2) is 9.18 Å². The van der Waals surface area contributed by atoms with Crippen LogP contribution in [-0.4, -0.2) is 18.9 Å². The fourth-order valence-corrected chi connectivity index (χ4v) is 3.64. The molecule has 0 spiro atoms. The lowest BCUT2D eigenvalue weighted by molar-refractivity contribution is -0.136. The summed E-state index contributed by atoms with van der Waals surface area (Å²) in [7, 11) is 1.33. The van der Waals surface area contributed by atoms with Crippen LogP contribution in [0.3, 0.4) is 0 Å². The lowest BCUT2D eigenvalue weighted by Crippen LogP contribution is -2.36. The van der Waals surface area contributed by atoms with E-state index in [1.54, 1.807) is 12.1 Å². The molecule has 1 N–H and O–H groups in total. The number of nitrogens with one attached hydrogen (secondary N) is 1. The Morgan fingerprint density at radius 3 is 2.52 bits per heavy atom. The van der Waals surface area contributed by atoms with Gasteiger partial charge in [0.25, 0.3) is 0 Å². The Labute approximate surface area is 146 Å². The van der Waals surface area contributed by atoms with Crippen LogP contribution in [-0.2, 0) is 14.3 Å². The number of esters is 1. The lowest BCUT2D eigenvalue weighted by Gasteiger charge is -2.36. The molecule has 25 heavy (non-hydrogen) atoms. The second kappa shape index (κ2) is 6.82. The number of allylic oxidation sites excluding steroid dienone is 3. The fourth-order valence-electron chi connectivity index (χ4n) is 3.64. The summed E-state index contributed by atoms with van der Waals surface area (Å²) in [4.78, 5) is 25.3. The fraction of sp³-hybridized carbons (Fsp3) is 0.400. The average molecular weight is 343 g/mol. The van der Waals surface area contributed by atoms with E-state index in [9.17, 15) is 14.0 Å². The molecular weight excluding hydrogens is 321 g/mol. The highest BCUT2D eigenvalue weighted by Gasteiger charge is 2.40. The highest BCUT2D eigenvalue weighted by atomic mass is 19.1. The minimum Gasteiger partial charge on any atom is -0.466 e. The van der Waals surface area contributed by atoms with Gasteiger partial charge in [0, 0.05) is 29.3 Å². The number of ketones is 1. The van der Waals surface area contributed by atoms with Gasteiger partial charge in [-0.15, -0.1) is 0 Å². The molecule has 0 saturated carbocycles. The summed E-state index contributed by atoms with van der Waals surface area (Å²) < 4.78 is 18.4. The quantitative estimate of drug-likeness (QED) is 0.852. The summed E-state index contributed by atoms with van der Waals surface area (Å²) in [6, 6.07) is 5.99. The van der Waals surface area contributed by atoms with E-state index in [4.69, 9.17) is 4.74 Å². The van der Waals surface area contributed by atoms with Gasteiger partial charge in [0.05, 0.1) is 12.7 Å². The molecule has 0 bridgehead atoms. The van der Waals surface area contributed by atoms with Crippen molar-refractivity contribution in [2.24, 2.45) is 5.92 Å². The highest BCUT2D eigenvalue weighted by molar-refractivity contribution is 6.03. The van der Waals surface area contributed by atoms with Crippen molar-refractivity contribution in [2.75, 3.05) is 7.11 Å². The normalized spacial score (nSPS) is 20.5. The number of ether oxygens (including phenoxy) is 1. The molecule has 4 nitrogen and oxygen atoms in total. The molecule has 2 aliphatic rings. The lowest BCUT2D eigenvalue weighted by atomic mass is 9.74. The Balaban J connectivity index is 2.24. The number of halogens is 1. The van der Waals surface area contributed by atoms with Gasteiger partial charge in [0.1, 0.15) is 5.82 Å². The Bertz CT molecular complexity index is 775. The van der Waals surface area contributed by atoms with Crippen LogP contribution in [0.1, 0.15) is 44.6 Å². The average Bonchev–Trinajstić information content (AvgIpc) is 2.60. The van der Waals surface area contributed by atoms with Gasteiger partial charge in [-0.2, -0.15) is 0 Å². The van der Waals surface area contributed by atoms with Gasteiger partial charge in [-0.1, -0.05) is 26.0 Å². The summed E-state index contributed by atoms with van der Waals surface area (Å²) in [5.41, 5.74) is 3.43. The molecule has 0 amide bonds. The molecule has 1 atom stereocenters.